The van der Waals surface area contributed by atoms with Crippen LogP contribution in [0.2, 0.25) is 0 Å². The number of esters is 1. The number of furan rings is 1. The number of alkyl halides is 1. The predicted molar refractivity (Wildman–Crippen MR) is 116 cm³/mol. The van der Waals surface area contributed by atoms with E-state index in [1.807, 2.05) is 0 Å². The maximum absolute atomic E-state index is 13.4. The molecule has 1 amide bonds. The first kappa shape index (κ1) is 21.9. The summed E-state index contributed by atoms with van der Waals surface area (Å²) in [6, 6.07) is 8.78. The Hall–Kier alpha value is -3.30. The van der Waals surface area contributed by atoms with E-state index in [9.17, 15) is 14.0 Å². The van der Waals surface area contributed by atoms with Crippen molar-refractivity contribution in [2.75, 3.05) is 43.7 Å². The first-order valence-corrected chi connectivity index (χ1v) is 10.4. The van der Waals surface area contributed by atoms with Gasteiger partial charge in [0.05, 0.1) is 24.8 Å². The number of nitrogens with two attached hydrogens (primary N) is 1. The van der Waals surface area contributed by atoms with E-state index in [4.69, 9.17) is 31.2 Å². The molecule has 168 valence electrons. The lowest BCUT2D eigenvalue weighted by Gasteiger charge is -2.30. The SMILES string of the molecule is NC(=O)OC(=O)c1c(-c2ccc(F)cc2)oc2cc(N3CCOCC3)c(OCCCl)cc12. The van der Waals surface area contributed by atoms with Crippen LogP contribution in [0.4, 0.5) is 14.9 Å². The molecule has 3 aromatic rings. The van der Waals surface area contributed by atoms with Crippen molar-refractivity contribution in [1.82, 2.24) is 0 Å². The summed E-state index contributed by atoms with van der Waals surface area (Å²) in [5.41, 5.74) is 6.57. The van der Waals surface area contributed by atoms with Crippen molar-refractivity contribution < 1.29 is 32.6 Å². The first-order chi connectivity index (χ1) is 15.5. The number of carbonyl (C=O) groups is 2. The van der Waals surface area contributed by atoms with Gasteiger partial charge in [-0.3, -0.25) is 0 Å². The Morgan fingerprint density at radius 3 is 2.53 bits per heavy atom. The fraction of sp³-hybridized carbons (Fsp3) is 0.273. The highest BCUT2D eigenvalue weighted by Crippen LogP contribution is 2.41. The molecule has 0 spiro atoms. The molecule has 0 aliphatic carbocycles. The number of hydrogen-bond acceptors (Lipinski definition) is 7. The number of halogens is 2. The smallest absolute Gasteiger partial charge is 0.412 e. The van der Waals surface area contributed by atoms with Gasteiger partial charge < -0.3 is 29.3 Å². The summed E-state index contributed by atoms with van der Waals surface area (Å²) in [4.78, 5) is 26.1. The number of carbonyl (C=O) groups excluding carboxylic acids is 2. The predicted octanol–water partition coefficient (Wildman–Crippen LogP) is 3.93. The molecule has 0 radical (unpaired) electrons. The number of nitrogens with zero attached hydrogens (tertiary/aromatic N) is 1. The molecular formula is C22H20ClFN2O6. The van der Waals surface area contributed by atoms with Gasteiger partial charge in [0.1, 0.15) is 35.1 Å². The van der Waals surface area contributed by atoms with Crippen LogP contribution >= 0.6 is 11.6 Å². The number of fused-ring (bicyclic) bond motifs is 1. The number of hydrogen-bond donors (Lipinski definition) is 1. The summed E-state index contributed by atoms with van der Waals surface area (Å²) in [5, 5.41) is 0.358. The van der Waals surface area contributed by atoms with Crippen LogP contribution in [0.3, 0.4) is 0 Å². The van der Waals surface area contributed by atoms with Gasteiger partial charge in [-0.2, -0.15) is 0 Å². The molecule has 1 aromatic heterocycles. The normalized spacial score (nSPS) is 13.9. The maximum atomic E-state index is 13.4. The quantitative estimate of drug-likeness (QED) is 0.336. The van der Waals surface area contributed by atoms with E-state index in [1.165, 1.54) is 24.3 Å². The molecule has 0 bridgehead atoms. The molecule has 1 aliphatic rings. The largest absolute Gasteiger partial charge is 0.490 e. The number of anilines is 1. The number of primary amides is 1. The van der Waals surface area contributed by atoms with Crippen molar-refractivity contribution in [1.29, 1.82) is 0 Å². The lowest BCUT2D eigenvalue weighted by atomic mass is 10.0. The molecule has 1 saturated heterocycles. The van der Waals surface area contributed by atoms with E-state index in [1.54, 1.807) is 12.1 Å². The Kier molecular flexibility index (Phi) is 6.48. The second-order valence-corrected chi connectivity index (χ2v) is 7.35. The van der Waals surface area contributed by atoms with Gasteiger partial charge in [0.15, 0.2) is 0 Å². The zero-order chi connectivity index (χ0) is 22.7. The highest BCUT2D eigenvalue weighted by molar-refractivity contribution is 6.18. The van der Waals surface area contributed by atoms with Crippen LogP contribution in [-0.4, -0.2) is 50.9 Å². The van der Waals surface area contributed by atoms with Crippen molar-refractivity contribution in [2.45, 2.75) is 0 Å². The topological polar surface area (TPSA) is 104 Å². The lowest BCUT2D eigenvalue weighted by molar-refractivity contribution is 0.0640. The average molecular weight is 463 g/mol. The molecule has 0 atom stereocenters. The molecule has 0 saturated carbocycles. The summed E-state index contributed by atoms with van der Waals surface area (Å²) in [5.74, 6) is -0.563. The number of ether oxygens (including phenoxy) is 3. The van der Waals surface area contributed by atoms with Crippen molar-refractivity contribution in [2.24, 2.45) is 5.73 Å². The van der Waals surface area contributed by atoms with Crippen molar-refractivity contribution in [3.8, 4) is 17.1 Å². The Morgan fingerprint density at radius 1 is 1.16 bits per heavy atom. The molecule has 0 unspecified atom stereocenters. The van der Waals surface area contributed by atoms with Crippen LogP contribution in [0.15, 0.2) is 40.8 Å². The van der Waals surface area contributed by atoms with Crippen LogP contribution in [0.1, 0.15) is 10.4 Å². The summed E-state index contributed by atoms with van der Waals surface area (Å²) in [6.07, 6.45) is -1.25. The third-order valence-corrected chi connectivity index (χ3v) is 5.11. The minimum atomic E-state index is -1.25. The fourth-order valence-electron chi connectivity index (χ4n) is 3.58. The van der Waals surface area contributed by atoms with Crippen molar-refractivity contribution in [3.63, 3.8) is 0 Å². The third-order valence-electron chi connectivity index (χ3n) is 4.96. The summed E-state index contributed by atoms with van der Waals surface area (Å²) in [6.45, 7) is 2.65. The highest BCUT2D eigenvalue weighted by atomic mass is 35.5. The van der Waals surface area contributed by atoms with Crippen LogP contribution in [-0.2, 0) is 9.47 Å². The van der Waals surface area contributed by atoms with Crippen molar-refractivity contribution in [3.05, 3.63) is 47.8 Å². The highest BCUT2D eigenvalue weighted by Gasteiger charge is 2.27. The fourth-order valence-corrected chi connectivity index (χ4v) is 3.65. The molecule has 2 aromatic carbocycles. The van der Waals surface area contributed by atoms with Gasteiger partial charge in [0, 0.05) is 30.1 Å². The zero-order valence-corrected chi connectivity index (χ0v) is 17.7. The molecule has 10 heteroatoms. The van der Waals surface area contributed by atoms with E-state index in [0.29, 0.717) is 48.6 Å². The Morgan fingerprint density at radius 2 is 1.88 bits per heavy atom. The van der Waals surface area contributed by atoms with Gasteiger partial charge in [0.2, 0.25) is 0 Å². The van der Waals surface area contributed by atoms with Gasteiger partial charge in [-0.1, -0.05) is 0 Å². The minimum absolute atomic E-state index is 0.0188. The molecule has 8 nitrogen and oxygen atoms in total. The zero-order valence-electron chi connectivity index (χ0n) is 16.9. The lowest BCUT2D eigenvalue weighted by Crippen LogP contribution is -2.36. The second kappa shape index (κ2) is 9.46. The first-order valence-electron chi connectivity index (χ1n) is 9.87. The minimum Gasteiger partial charge on any atom is -0.490 e. The van der Waals surface area contributed by atoms with E-state index < -0.39 is 17.9 Å². The van der Waals surface area contributed by atoms with Gasteiger partial charge in [-0.15, -0.1) is 11.6 Å². The van der Waals surface area contributed by atoms with Crippen LogP contribution in [0.25, 0.3) is 22.3 Å². The van der Waals surface area contributed by atoms with E-state index in [2.05, 4.69) is 9.64 Å². The number of rotatable bonds is 6. The van der Waals surface area contributed by atoms with Crippen LogP contribution in [0.5, 0.6) is 5.75 Å². The van der Waals surface area contributed by atoms with Crippen LogP contribution in [0, 0.1) is 5.82 Å². The van der Waals surface area contributed by atoms with E-state index in [0.717, 1.165) is 5.69 Å². The van der Waals surface area contributed by atoms with E-state index in [-0.39, 0.29) is 23.8 Å². The van der Waals surface area contributed by atoms with Gasteiger partial charge >= 0.3 is 12.1 Å². The number of morpholine rings is 1. The third kappa shape index (κ3) is 4.49. The molecule has 32 heavy (non-hydrogen) atoms. The standard InChI is InChI=1S/C22H20ClFN2O6/c23-5-8-30-18-11-15-17(12-16(18)26-6-9-29-10-7-26)31-20(13-1-3-14(24)4-2-13)19(15)21(27)32-22(25)28/h1-4,11-12H,5-10H2,(H2,25,28). The molecule has 4 rings (SSSR count). The van der Waals surface area contributed by atoms with Gasteiger partial charge in [-0.05, 0) is 30.3 Å². The maximum Gasteiger partial charge on any atom is 0.412 e. The molecular weight excluding hydrogens is 443 g/mol. The molecule has 1 fully saturated rings. The van der Waals surface area contributed by atoms with Gasteiger partial charge in [-0.25, -0.2) is 14.0 Å². The Bertz CT molecular complexity index is 1140. The van der Waals surface area contributed by atoms with Crippen molar-refractivity contribution >= 4 is 40.3 Å². The summed E-state index contributed by atoms with van der Waals surface area (Å²) >= 11 is 5.81. The number of amides is 1. The second-order valence-electron chi connectivity index (χ2n) is 6.97. The van der Waals surface area contributed by atoms with Crippen LogP contribution < -0.4 is 15.4 Å². The van der Waals surface area contributed by atoms with Gasteiger partial charge in [0.25, 0.3) is 0 Å². The Balaban J connectivity index is 1.91. The summed E-state index contributed by atoms with van der Waals surface area (Å²) < 4.78 is 35.3. The van der Waals surface area contributed by atoms with E-state index >= 15 is 0 Å². The monoisotopic (exact) mass is 462 g/mol. The Labute approximate surface area is 187 Å². The molecule has 2 heterocycles. The summed E-state index contributed by atoms with van der Waals surface area (Å²) in [7, 11) is 0. The molecule has 1 aliphatic heterocycles. The molecule has 2 N–H and O–H groups in total. The average Bonchev–Trinajstić information content (AvgIpc) is 3.16. The number of benzene rings is 2.